The average Bonchev–Trinajstić information content (AvgIpc) is 2.82. The Kier molecular flexibility index (Phi) is 2.94. The van der Waals surface area contributed by atoms with Gasteiger partial charge in [-0.15, -0.1) is 0 Å². The maximum absolute atomic E-state index is 11.7. The molecule has 1 aromatic carbocycles. The summed E-state index contributed by atoms with van der Waals surface area (Å²) >= 11 is 6.34. The van der Waals surface area contributed by atoms with Gasteiger partial charge >= 0.3 is 0 Å². The van der Waals surface area contributed by atoms with Crippen LogP contribution in [0.5, 0.6) is 0 Å². The number of aryl methyl sites for hydroxylation is 1. The lowest BCUT2D eigenvalue weighted by Gasteiger charge is -2.28. The van der Waals surface area contributed by atoms with Crippen LogP contribution in [0.2, 0.25) is 5.02 Å². The van der Waals surface area contributed by atoms with Crippen molar-refractivity contribution in [1.82, 2.24) is 19.9 Å². The van der Waals surface area contributed by atoms with Crippen molar-refractivity contribution >= 4 is 39.9 Å². The summed E-state index contributed by atoms with van der Waals surface area (Å²) in [6.45, 7) is 3.51. The van der Waals surface area contributed by atoms with Gasteiger partial charge in [0.2, 0.25) is 5.91 Å². The van der Waals surface area contributed by atoms with Crippen LogP contribution in [0.3, 0.4) is 0 Å². The highest BCUT2D eigenvalue weighted by molar-refractivity contribution is 6.34. The molecule has 0 aliphatic carbocycles. The molecular weight excluding hydrogens is 302 g/mol. The first kappa shape index (κ1) is 13.3. The van der Waals surface area contributed by atoms with Crippen LogP contribution in [0.25, 0.3) is 16.6 Å². The molecule has 0 radical (unpaired) electrons. The molecule has 1 amide bonds. The molecule has 22 heavy (non-hydrogen) atoms. The normalized spacial score (nSPS) is 15.5. The Bertz CT molecular complexity index is 904. The smallest absolute Gasteiger partial charge is 0.239 e. The van der Waals surface area contributed by atoms with Crippen molar-refractivity contribution in [3.63, 3.8) is 0 Å². The van der Waals surface area contributed by atoms with E-state index in [1.807, 2.05) is 36.1 Å². The maximum Gasteiger partial charge on any atom is 0.239 e. The second-order valence-electron chi connectivity index (χ2n) is 5.36. The summed E-state index contributed by atoms with van der Waals surface area (Å²) in [5.41, 5.74) is 2.30. The number of carbonyl (C=O) groups excluding carboxylic acids is 1. The standard InChI is InChI=1S/C15H14ClN5O/c1-9-13(16)15-18-14(20-7-6-17-12(22)8-20)10-4-2-3-5-11(10)21(15)19-9/h2-5H,6-8H2,1H3,(H,17,22). The topological polar surface area (TPSA) is 62.5 Å². The van der Waals surface area contributed by atoms with Crippen molar-refractivity contribution in [2.24, 2.45) is 0 Å². The van der Waals surface area contributed by atoms with Crippen molar-refractivity contribution in [2.75, 3.05) is 24.5 Å². The quantitative estimate of drug-likeness (QED) is 0.743. The summed E-state index contributed by atoms with van der Waals surface area (Å²) in [7, 11) is 0. The van der Waals surface area contributed by atoms with E-state index in [0.29, 0.717) is 23.8 Å². The van der Waals surface area contributed by atoms with Crippen molar-refractivity contribution < 1.29 is 4.79 Å². The number of nitrogens with zero attached hydrogens (tertiary/aromatic N) is 4. The van der Waals surface area contributed by atoms with Gasteiger partial charge in [0.15, 0.2) is 5.65 Å². The summed E-state index contributed by atoms with van der Waals surface area (Å²) in [5, 5.41) is 8.81. The van der Waals surface area contributed by atoms with Gasteiger partial charge in [-0.3, -0.25) is 4.79 Å². The Balaban J connectivity index is 2.03. The number of aromatic nitrogens is 3. The van der Waals surface area contributed by atoms with Crippen LogP contribution in [0, 0.1) is 6.92 Å². The molecule has 3 aromatic rings. The molecule has 1 aliphatic rings. The zero-order valence-corrected chi connectivity index (χ0v) is 12.8. The summed E-state index contributed by atoms with van der Waals surface area (Å²) in [5.74, 6) is 0.785. The molecule has 0 atom stereocenters. The van der Waals surface area contributed by atoms with E-state index in [-0.39, 0.29) is 5.91 Å². The van der Waals surface area contributed by atoms with Crippen LogP contribution in [0.15, 0.2) is 24.3 Å². The highest BCUT2D eigenvalue weighted by Crippen LogP contribution is 2.30. The Hall–Kier alpha value is -2.34. The molecule has 6 nitrogen and oxygen atoms in total. The van der Waals surface area contributed by atoms with E-state index in [1.54, 1.807) is 4.52 Å². The minimum atomic E-state index is 0.00721. The number of rotatable bonds is 1. The number of halogens is 1. The van der Waals surface area contributed by atoms with Gasteiger partial charge in [-0.1, -0.05) is 23.7 Å². The van der Waals surface area contributed by atoms with Gasteiger partial charge in [0.1, 0.15) is 10.8 Å². The first-order valence-corrected chi connectivity index (χ1v) is 7.48. The fourth-order valence-electron chi connectivity index (χ4n) is 2.83. The van der Waals surface area contributed by atoms with Gasteiger partial charge in [0.05, 0.1) is 17.8 Å². The first-order chi connectivity index (χ1) is 10.6. The van der Waals surface area contributed by atoms with E-state index in [0.717, 1.165) is 29.0 Å². The highest BCUT2D eigenvalue weighted by Gasteiger charge is 2.22. The van der Waals surface area contributed by atoms with Crippen LogP contribution in [-0.2, 0) is 4.79 Å². The SMILES string of the molecule is Cc1nn2c(nc(N3CCNC(=O)C3)c3ccccc32)c1Cl. The number of fused-ring (bicyclic) bond motifs is 3. The predicted molar refractivity (Wildman–Crippen MR) is 85.5 cm³/mol. The molecule has 0 bridgehead atoms. The van der Waals surface area contributed by atoms with Crippen LogP contribution in [-0.4, -0.2) is 40.1 Å². The van der Waals surface area contributed by atoms with Gasteiger partial charge in [0.25, 0.3) is 0 Å². The van der Waals surface area contributed by atoms with E-state index in [1.165, 1.54) is 0 Å². The molecule has 0 spiro atoms. The number of anilines is 1. The summed E-state index contributed by atoms with van der Waals surface area (Å²) < 4.78 is 1.76. The van der Waals surface area contributed by atoms with E-state index in [9.17, 15) is 4.79 Å². The number of nitrogens with one attached hydrogen (secondary N) is 1. The maximum atomic E-state index is 11.7. The second-order valence-corrected chi connectivity index (χ2v) is 5.74. The molecular formula is C15H14ClN5O. The summed E-state index contributed by atoms with van der Waals surface area (Å²) in [6.07, 6.45) is 0. The third-order valence-electron chi connectivity index (χ3n) is 3.89. The third kappa shape index (κ3) is 1.91. The number of hydrogen-bond acceptors (Lipinski definition) is 4. The van der Waals surface area contributed by atoms with Crippen molar-refractivity contribution in [1.29, 1.82) is 0 Å². The molecule has 1 saturated heterocycles. The van der Waals surface area contributed by atoms with Gasteiger partial charge in [-0.05, 0) is 19.1 Å². The van der Waals surface area contributed by atoms with Crippen molar-refractivity contribution in [2.45, 2.75) is 6.92 Å². The lowest BCUT2D eigenvalue weighted by Crippen LogP contribution is -2.48. The van der Waals surface area contributed by atoms with Gasteiger partial charge in [-0.2, -0.15) is 5.10 Å². The molecule has 3 heterocycles. The van der Waals surface area contributed by atoms with E-state index in [4.69, 9.17) is 16.6 Å². The van der Waals surface area contributed by atoms with E-state index >= 15 is 0 Å². The van der Waals surface area contributed by atoms with E-state index in [2.05, 4.69) is 10.4 Å². The molecule has 4 rings (SSSR count). The lowest BCUT2D eigenvalue weighted by molar-refractivity contribution is -0.120. The Morgan fingerprint density at radius 1 is 1.32 bits per heavy atom. The number of para-hydroxylation sites is 1. The van der Waals surface area contributed by atoms with Gasteiger partial charge < -0.3 is 10.2 Å². The zero-order valence-electron chi connectivity index (χ0n) is 12.0. The summed E-state index contributed by atoms with van der Waals surface area (Å²) in [4.78, 5) is 18.4. The Morgan fingerprint density at radius 2 is 2.14 bits per heavy atom. The van der Waals surface area contributed by atoms with E-state index < -0.39 is 0 Å². The second kappa shape index (κ2) is 4.84. The minimum absolute atomic E-state index is 0.00721. The zero-order chi connectivity index (χ0) is 15.3. The Morgan fingerprint density at radius 3 is 2.95 bits per heavy atom. The van der Waals surface area contributed by atoms with Crippen molar-refractivity contribution in [3.8, 4) is 0 Å². The largest absolute Gasteiger partial charge is 0.353 e. The van der Waals surface area contributed by atoms with Crippen LogP contribution in [0.1, 0.15) is 5.69 Å². The number of piperazine rings is 1. The summed E-state index contributed by atoms with van der Waals surface area (Å²) in [6, 6.07) is 7.90. The molecule has 0 saturated carbocycles. The number of benzene rings is 1. The molecule has 2 aromatic heterocycles. The Labute approximate surface area is 131 Å². The van der Waals surface area contributed by atoms with Gasteiger partial charge in [-0.25, -0.2) is 9.50 Å². The van der Waals surface area contributed by atoms with Crippen molar-refractivity contribution in [3.05, 3.63) is 35.0 Å². The molecule has 112 valence electrons. The molecule has 7 heteroatoms. The number of amides is 1. The average molecular weight is 316 g/mol. The first-order valence-electron chi connectivity index (χ1n) is 7.10. The predicted octanol–water partition coefficient (Wildman–Crippen LogP) is 1.78. The molecule has 1 N–H and O–H groups in total. The van der Waals surface area contributed by atoms with Crippen LogP contribution in [0.4, 0.5) is 5.82 Å². The van der Waals surface area contributed by atoms with Crippen LogP contribution < -0.4 is 10.2 Å². The molecule has 1 aliphatic heterocycles. The fourth-order valence-corrected chi connectivity index (χ4v) is 2.99. The molecule has 1 fully saturated rings. The minimum Gasteiger partial charge on any atom is -0.353 e. The van der Waals surface area contributed by atoms with Crippen LogP contribution >= 0.6 is 11.6 Å². The lowest BCUT2D eigenvalue weighted by atomic mass is 10.2. The fraction of sp³-hybridized carbons (Fsp3) is 0.267. The van der Waals surface area contributed by atoms with Gasteiger partial charge in [0, 0.05) is 18.5 Å². The highest BCUT2D eigenvalue weighted by atomic mass is 35.5. The molecule has 0 unspecified atom stereocenters. The monoisotopic (exact) mass is 315 g/mol. The number of hydrogen-bond donors (Lipinski definition) is 1. The third-order valence-corrected chi connectivity index (χ3v) is 4.33. The number of carbonyl (C=O) groups is 1.